The van der Waals surface area contributed by atoms with Gasteiger partial charge in [0.05, 0.1) is 6.61 Å². The lowest BCUT2D eigenvalue weighted by Gasteiger charge is -2.30. The molecule has 2 heterocycles. The first-order chi connectivity index (χ1) is 9.69. The first kappa shape index (κ1) is 13.7. The molecule has 0 bridgehead atoms. The van der Waals surface area contributed by atoms with Gasteiger partial charge in [-0.05, 0) is 38.8 Å². The lowest BCUT2D eigenvalue weighted by molar-refractivity contribution is -0.00149. The van der Waals surface area contributed by atoms with E-state index in [1.165, 1.54) is 5.56 Å². The maximum absolute atomic E-state index is 6.23. The Kier molecular flexibility index (Phi) is 3.85. The monoisotopic (exact) mass is 277 g/mol. The van der Waals surface area contributed by atoms with Gasteiger partial charge in [0.25, 0.3) is 0 Å². The van der Waals surface area contributed by atoms with E-state index in [-0.39, 0.29) is 18.2 Å². The van der Waals surface area contributed by atoms with Gasteiger partial charge in [0.15, 0.2) is 0 Å². The number of hydrogen-bond acceptors (Lipinski definition) is 4. The lowest BCUT2D eigenvalue weighted by atomic mass is 9.94. The molecule has 0 radical (unpaired) electrons. The Morgan fingerprint density at radius 3 is 3.00 bits per heavy atom. The first-order valence-corrected chi connectivity index (χ1v) is 7.52. The average Bonchev–Trinajstić information content (AvgIpc) is 2.78. The molecule has 1 saturated heterocycles. The van der Waals surface area contributed by atoms with Crippen molar-refractivity contribution in [3.05, 3.63) is 23.3 Å². The van der Waals surface area contributed by atoms with Crippen LogP contribution in [0.25, 0.3) is 0 Å². The van der Waals surface area contributed by atoms with Gasteiger partial charge in [0, 0.05) is 30.2 Å². The van der Waals surface area contributed by atoms with Crippen molar-refractivity contribution in [1.29, 1.82) is 0 Å². The van der Waals surface area contributed by atoms with Gasteiger partial charge in [0.1, 0.15) is 23.7 Å². The van der Waals surface area contributed by atoms with Crippen LogP contribution in [0.15, 0.2) is 12.1 Å². The molecule has 0 spiro atoms. The van der Waals surface area contributed by atoms with Crippen LogP contribution >= 0.6 is 0 Å². The zero-order valence-electron chi connectivity index (χ0n) is 12.2. The summed E-state index contributed by atoms with van der Waals surface area (Å²) in [5, 5.41) is 0. The molecule has 2 N–H and O–H groups in total. The number of nitrogens with two attached hydrogens (primary N) is 1. The molecule has 2 aliphatic rings. The fraction of sp³-hybridized carbons (Fsp3) is 0.625. The van der Waals surface area contributed by atoms with Crippen molar-refractivity contribution in [2.75, 3.05) is 13.2 Å². The van der Waals surface area contributed by atoms with E-state index in [9.17, 15) is 0 Å². The van der Waals surface area contributed by atoms with E-state index in [1.54, 1.807) is 0 Å². The average molecular weight is 277 g/mol. The molecule has 0 aliphatic carbocycles. The van der Waals surface area contributed by atoms with E-state index in [0.29, 0.717) is 6.61 Å². The Morgan fingerprint density at radius 2 is 2.25 bits per heavy atom. The van der Waals surface area contributed by atoms with Crippen LogP contribution in [-0.4, -0.2) is 25.4 Å². The highest BCUT2D eigenvalue weighted by molar-refractivity contribution is 5.50. The molecule has 0 aromatic heterocycles. The van der Waals surface area contributed by atoms with Gasteiger partial charge in [-0.25, -0.2) is 0 Å². The molecular weight excluding hydrogens is 254 g/mol. The van der Waals surface area contributed by atoms with Crippen molar-refractivity contribution in [3.8, 4) is 11.5 Å². The molecule has 1 fully saturated rings. The number of fused-ring (bicyclic) bond motifs is 1. The molecule has 20 heavy (non-hydrogen) atoms. The Hall–Kier alpha value is -1.26. The first-order valence-electron chi connectivity index (χ1n) is 7.52. The normalized spacial score (nSPS) is 28.9. The molecule has 1 aromatic rings. The van der Waals surface area contributed by atoms with Gasteiger partial charge < -0.3 is 19.9 Å². The molecule has 3 unspecified atom stereocenters. The Labute approximate surface area is 120 Å². The molecule has 1 aromatic carbocycles. The maximum atomic E-state index is 6.23. The third kappa shape index (κ3) is 2.50. The summed E-state index contributed by atoms with van der Waals surface area (Å²) in [6.07, 6.45) is 3.10. The Bertz CT molecular complexity index is 489. The summed E-state index contributed by atoms with van der Waals surface area (Å²) in [6, 6.07) is 4.20. The van der Waals surface area contributed by atoms with E-state index in [1.807, 2.05) is 6.92 Å². The highest BCUT2D eigenvalue weighted by atomic mass is 16.5. The van der Waals surface area contributed by atoms with E-state index in [4.69, 9.17) is 19.9 Å². The fourth-order valence-electron chi connectivity index (χ4n) is 3.08. The topological polar surface area (TPSA) is 53.7 Å². The largest absolute Gasteiger partial charge is 0.493 e. The summed E-state index contributed by atoms with van der Waals surface area (Å²) < 4.78 is 17.6. The van der Waals surface area contributed by atoms with Gasteiger partial charge in [0.2, 0.25) is 0 Å². The summed E-state index contributed by atoms with van der Waals surface area (Å²) in [7, 11) is 0. The molecule has 0 amide bonds. The number of rotatable bonds is 3. The molecule has 110 valence electrons. The zero-order chi connectivity index (χ0) is 14.1. The SMILES string of the molecule is CCOc1cc2c(cc1C1OCCCC1N)OC(C)C2. The minimum atomic E-state index is -0.0879. The minimum absolute atomic E-state index is 0.0276. The van der Waals surface area contributed by atoms with E-state index in [0.717, 1.165) is 42.9 Å². The van der Waals surface area contributed by atoms with Gasteiger partial charge >= 0.3 is 0 Å². The number of ether oxygens (including phenoxy) is 3. The van der Waals surface area contributed by atoms with Gasteiger partial charge in [-0.2, -0.15) is 0 Å². The summed E-state index contributed by atoms with van der Waals surface area (Å²) in [5.74, 6) is 1.85. The van der Waals surface area contributed by atoms with Crippen molar-refractivity contribution < 1.29 is 14.2 Å². The van der Waals surface area contributed by atoms with Crippen LogP contribution in [0.2, 0.25) is 0 Å². The van der Waals surface area contributed by atoms with Crippen molar-refractivity contribution in [3.63, 3.8) is 0 Å². The molecule has 3 rings (SSSR count). The maximum Gasteiger partial charge on any atom is 0.125 e. The van der Waals surface area contributed by atoms with Gasteiger partial charge in [-0.15, -0.1) is 0 Å². The van der Waals surface area contributed by atoms with E-state index >= 15 is 0 Å². The van der Waals surface area contributed by atoms with Crippen LogP contribution in [0.3, 0.4) is 0 Å². The highest BCUT2D eigenvalue weighted by Gasteiger charge is 2.30. The summed E-state index contributed by atoms with van der Waals surface area (Å²) >= 11 is 0. The third-order valence-corrected chi connectivity index (χ3v) is 4.00. The van der Waals surface area contributed by atoms with Gasteiger partial charge in [-0.1, -0.05) is 0 Å². The standard InChI is InChI=1S/C16H23NO3/c1-3-18-15-8-11-7-10(2)20-14(11)9-12(15)16-13(17)5-4-6-19-16/h8-10,13,16H,3-7,17H2,1-2H3. The molecule has 2 aliphatic heterocycles. The van der Waals surface area contributed by atoms with Crippen LogP contribution in [-0.2, 0) is 11.2 Å². The van der Waals surface area contributed by atoms with Crippen LogP contribution in [0.4, 0.5) is 0 Å². The second-order valence-electron chi connectivity index (χ2n) is 5.66. The minimum Gasteiger partial charge on any atom is -0.493 e. The van der Waals surface area contributed by atoms with Crippen molar-refractivity contribution in [1.82, 2.24) is 0 Å². The van der Waals surface area contributed by atoms with Crippen LogP contribution < -0.4 is 15.2 Å². The summed E-state index contributed by atoms with van der Waals surface area (Å²) in [4.78, 5) is 0. The molecule has 4 nitrogen and oxygen atoms in total. The van der Waals surface area contributed by atoms with Crippen LogP contribution in [0.1, 0.15) is 43.9 Å². The summed E-state index contributed by atoms with van der Waals surface area (Å²) in [6.45, 7) is 5.49. The van der Waals surface area contributed by atoms with E-state index < -0.39 is 0 Å². The Balaban J connectivity index is 1.97. The van der Waals surface area contributed by atoms with Crippen LogP contribution in [0, 0.1) is 0 Å². The quantitative estimate of drug-likeness (QED) is 0.922. The molecule has 0 saturated carbocycles. The lowest BCUT2D eigenvalue weighted by Crippen LogP contribution is -2.34. The summed E-state index contributed by atoms with van der Waals surface area (Å²) in [5.41, 5.74) is 8.48. The molecule has 4 heteroatoms. The third-order valence-electron chi connectivity index (χ3n) is 4.00. The number of benzene rings is 1. The molecular formula is C16H23NO3. The van der Waals surface area contributed by atoms with Gasteiger partial charge in [-0.3, -0.25) is 0 Å². The van der Waals surface area contributed by atoms with Crippen molar-refractivity contribution in [2.24, 2.45) is 5.73 Å². The smallest absolute Gasteiger partial charge is 0.125 e. The number of hydrogen-bond donors (Lipinski definition) is 1. The predicted octanol–water partition coefficient (Wildman–Crippen LogP) is 2.59. The second kappa shape index (κ2) is 5.62. The van der Waals surface area contributed by atoms with Crippen molar-refractivity contribution in [2.45, 2.75) is 51.4 Å². The Morgan fingerprint density at radius 1 is 1.40 bits per heavy atom. The molecule has 3 atom stereocenters. The van der Waals surface area contributed by atoms with Crippen LogP contribution in [0.5, 0.6) is 11.5 Å². The second-order valence-corrected chi connectivity index (χ2v) is 5.66. The fourth-order valence-corrected chi connectivity index (χ4v) is 3.08. The highest BCUT2D eigenvalue weighted by Crippen LogP contribution is 2.40. The van der Waals surface area contributed by atoms with Crippen molar-refractivity contribution >= 4 is 0 Å². The van der Waals surface area contributed by atoms with E-state index in [2.05, 4.69) is 19.1 Å². The zero-order valence-corrected chi connectivity index (χ0v) is 12.2. The predicted molar refractivity (Wildman–Crippen MR) is 77.3 cm³/mol.